The standard InChI is InChI=1S/C26H35N3O5/c1-28-9-5-6-18-14-19(7-8-21(18)28)22(29-10-12-34-13-11-29)17-27-26(30)20-15-23(31-2)25(33-4)24(16-20)32-3/h7-8,14-16,22H,5-6,9-13,17H2,1-4H3,(H,27,30)/t22-/m0/s1. The van der Waals surface area contributed by atoms with Crippen molar-refractivity contribution in [3.05, 3.63) is 47.0 Å². The molecule has 0 unspecified atom stereocenters. The Bertz CT molecular complexity index is 981. The van der Waals surface area contributed by atoms with E-state index in [9.17, 15) is 4.79 Å². The monoisotopic (exact) mass is 469 g/mol. The fraction of sp³-hybridized carbons (Fsp3) is 0.500. The van der Waals surface area contributed by atoms with Gasteiger partial charge in [-0.3, -0.25) is 9.69 Å². The summed E-state index contributed by atoms with van der Waals surface area (Å²) in [4.78, 5) is 17.9. The van der Waals surface area contributed by atoms with E-state index in [0.717, 1.165) is 32.5 Å². The molecule has 34 heavy (non-hydrogen) atoms. The van der Waals surface area contributed by atoms with E-state index in [2.05, 4.69) is 40.4 Å². The number of ether oxygens (including phenoxy) is 4. The highest BCUT2D eigenvalue weighted by Gasteiger charge is 2.26. The molecule has 1 N–H and O–H groups in total. The van der Waals surface area contributed by atoms with E-state index in [-0.39, 0.29) is 11.9 Å². The van der Waals surface area contributed by atoms with Crippen molar-refractivity contribution < 1.29 is 23.7 Å². The number of morpholine rings is 1. The zero-order valence-corrected chi connectivity index (χ0v) is 20.6. The van der Waals surface area contributed by atoms with Crippen molar-refractivity contribution >= 4 is 11.6 Å². The Morgan fingerprint density at radius 2 is 1.74 bits per heavy atom. The molecule has 2 aliphatic rings. The molecular formula is C26H35N3O5. The molecule has 1 atom stereocenters. The molecule has 4 rings (SSSR count). The Hall–Kier alpha value is -2.97. The molecule has 8 nitrogen and oxygen atoms in total. The minimum absolute atomic E-state index is 0.0624. The highest BCUT2D eigenvalue weighted by atomic mass is 16.5. The van der Waals surface area contributed by atoms with Gasteiger partial charge in [-0.1, -0.05) is 12.1 Å². The molecule has 1 amide bonds. The van der Waals surface area contributed by atoms with Gasteiger partial charge in [0, 0.05) is 44.5 Å². The first-order valence-electron chi connectivity index (χ1n) is 11.8. The van der Waals surface area contributed by atoms with Crippen LogP contribution in [0.2, 0.25) is 0 Å². The van der Waals surface area contributed by atoms with E-state index in [1.54, 1.807) is 33.5 Å². The van der Waals surface area contributed by atoms with Gasteiger partial charge in [-0.15, -0.1) is 0 Å². The van der Waals surface area contributed by atoms with Gasteiger partial charge in [0.2, 0.25) is 5.75 Å². The van der Waals surface area contributed by atoms with E-state index >= 15 is 0 Å². The van der Waals surface area contributed by atoms with E-state index in [1.165, 1.54) is 16.8 Å². The summed E-state index contributed by atoms with van der Waals surface area (Å²) in [5.74, 6) is 1.19. The lowest BCUT2D eigenvalue weighted by molar-refractivity contribution is 0.0162. The lowest BCUT2D eigenvalue weighted by atomic mass is 9.95. The highest BCUT2D eigenvalue weighted by molar-refractivity contribution is 5.95. The fourth-order valence-corrected chi connectivity index (χ4v) is 4.86. The lowest BCUT2D eigenvalue weighted by Crippen LogP contribution is -2.44. The quantitative estimate of drug-likeness (QED) is 0.637. The van der Waals surface area contributed by atoms with Gasteiger partial charge in [0.15, 0.2) is 11.5 Å². The van der Waals surface area contributed by atoms with Crippen LogP contribution in [0.4, 0.5) is 5.69 Å². The topological polar surface area (TPSA) is 72.5 Å². The molecule has 0 bridgehead atoms. The summed E-state index contributed by atoms with van der Waals surface area (Å²) in [6.45, 7) is 4.65. The third-order valence-electron chi connectivity index (χ3n) is 6.71. The van der Waals surface area contributed by atoms with Crippen LogP contribution >= 0.6 is 0 Å². The van der Waals surface area contributed by atoms with Crippen molar-refractivity contribution in [2.45, 2.75) is 18.9 Å². The van der Waals surface area contributed by atoms with E-state index < -0.39 is 0 Å². The molecule has 0 spiro atoms. The van der Waals surface area contributed by atoms with Crippen LogP contribution in [0.3, 0.4) is 0 Å². The molecule has 1 saturated heterocycles. The highest BCUT2D eigenvalue weighted by Crippen LogP contribution is 2.38. The van der Waals surface area contributed by atoms with Crippen molar-refractivity contribution in [3.8, 4) is 17.2 Å². The second kappa shape index (κ2) is 11.0. The maximum absolute atomic E-state index is 13.2. The number of anilines is 1. The summed E-state index contributed by atoms with van der Waals surface area (Å²) in [6.07, 6.45) is 2.24. The molecule has 2 aliphatic heterocycles. The van der Waals surface area contributed by atoms with Gasteiger partial charge in [-0.2, -0.15) is 0 Å². The molecule has 0 radical (unpaired) electrons. The Morgan fingerprint density at radius 1 is 1.03 bits per heavy atom. The molecule has 0 aliphatic carbocycles. The molecule has 8 heteroatoms. The Labute approximate surface area is 201 Å². The first-order valence-corrected chi connectivity index (χ1v) is 11.8. The summed E-state index contributed by atoms with van der Waals surface area (Å²) in [5.41, 5.74) is 4.36. The van der Waals surface area contributed by atoms with Crippen LogP contribution in [-0.2, 0) is 11.2 Å². The van der Waals surface area contributed by atoms with Crippen molar-refractivity contribution in [3.63, 3.8) is 0 Å². The predicted octanol–water partition coefficient (Wildman–Crippen LogP) is 2.90. The van der Waals surface area contributed by atoms with Crippen molar-refractivity contribution in [2.24, 2.45) is 0 Å². The van der Waals surface area contributed by atoms with E-state index in [0.29, 0.717) is 42.6 Å². The van der Waals surface area contributed by atoms with Crippen LogP contribution in [0, 0.1) is 0 Å². The third-order valence-corrected chi connectivity index (χ3v) is 6.71. The molecule has 2 heterocycles. The zero-order valence-electron chi connectivity index (χ0n) is 20.6. The van der Waals surface area contributed by atoms with Gasteiger partial charge in [0.25, 0.3) is 5.91 Å². The summed E-state index contributed by atoms with van der Waals surface area (Å²) < 4.78 is 21.8. The Balaban J connectivity index is 1.56. The van der Waals surface area contributed by atoms with Crippen LogP contribution in [0.1, 0.15) is 33.9 Å². The molecule has 0 saturated carbocycles. The minimum Gasteiger partial charge on any atom is -0.493 e. The number of benzene rings is 2. The number of hydrogen-bond acceptors (Lipinski definition) is 7. The van der Waals surface area contributed by atoms with Gasteiger partial charge in [-0.05, 0) is 42.2 Å². The first kappa shape index (κ1) is 24.2. The molecule has 0 aromatic heterocycles. The SMILES string of the molecule is COc1cc(C(=O)NC[C@@H](c2ccc3c(c2)CCCN3C)N2CCOCC2)cc(OC)c1OC. The van der Waals surface area contributed by atoms with Gasteiger partial charge in [-0.25, -0.2) is 0 Å². The average Bonchev–Trinajstić information content (AvgIpc) is 2.88. The molecule has 2 aromatic carbocycles. The number of carbonyl (C=O) groups excluding carboxylic acids is 1. The van der Waals surface area contributed by atoms with Gasteiger partial charge >= 0.3 is 0 Å². The number of aryl methyl sites for hydroxylation is 1. The van der Waals surface area contributed by atoms with Gasteiger partial charge in [0.05, 0.1) is 40.6 Å². The second-order valence-electron chi connectivity index (χ2n) is 8.70. The maximum Gasteiger partial charge on any atom is 0.251 e. The van der Waals surface area contributed by atoms with Crippen LogP contribution in [0.15, 0.2) is 30.3 Å². The van der Waals surface area contributed by atoms with Gasteiger partial charge < -0.3 is 29.2 Å². The molecule has 184 valence electrons. The van der Waals surface area contributed by atoms with E-state index in [1.807, 2.05) is 0 Å². The number of fused-ring (bicyclic) bond motifs is 1. The van der Waals surface area contributed by atoms with Crippen LogP contribution in [-0.4, -0.2) is 78.6 Å². The number of rotatable bonds is 8. The number of methoxy groups -OCH3 is 3. The first-order chi connectivity index (χ1) is 16.5. The van der Waals surface area contributed by atoms with Gasteiger partial charge in [0.1, 0.15) is 0 Å². The number of amides is 1. The molecular weight excluding hydrogens is 434 g/mol. The molecule has 2 aromatic rings. The second-order valence-corrected chi connectivity index (χ2v) is 8.70. The predicted molar refractivity (Wildman–Crippen MR) is 132 cm³/mol. The number of hydrogen-bond donors (Lipinski definition) is 1. The number of nitrogens with one attached hydrogen (secondary N) is 1. The normalized spacial score (nSPS) is 17.0. The maximum atomic E-state index is 13.2. The Kier molecular flexibility index (Phi) is 7.80. The smallest absolute Gasteiger partial charge is 0.251 e. The summed E-state index contributed by atoms with van der Waals surface area (Å²) in [5, 5.41) is 3.14. The number of nitrogens with zero attached hydrogens (tertiary/aromatic N) is 2. The fourth-order valence-electron chi connectivity index (χ4n) is 4.86. The van der Waals surface area contributed by atoms with Crippen LogP contribution < -0.4 is 24.4 Å². The lowest BCUT2D eigenvalue weighted by Gasteiger charge is -2.36. The summed E-state index contributed by atoms with van der Waals surface area (Å²) in [7, 11) is 6.78. The Morgan fingerprint density at radius 3 is 2.38 bits per heavy atom. The van der Waals surface area contributed by atoms with Crippen molar-refractivity contribution in [1.29, 1.82) is 0 Å². The minimum atomic E-state index is -0.185. The summed E-state index contributed by atoms with van der Waals surface area (Å²) in [6, 6.07) is 10.2. The van der Waals surface area contributed by atoms with Crippen molar-refractivity contribution in [2.75, 3.05) is 72.7 Å². The largest absolute Gasteiger partial charge is 0.493 e. The van der Waals surface area contributed by atoms with Crippen LogP contribution in [0.25, 0.3) is 0 Å². The summed E-state index contributed by atoms with van der Waals surface area (Å²) >= 11 is 0. The van der Waals surface area contributed by atoms with Crippen LogP contribution in [0.5, 0.6) is 17.2 Å². The zero-order chi connectivity index (χ0) is 24.1. The molecule has 1 fully saturated rings. The number of carbonyl (C=O) groups is 1. The third kappa shape index (κ3) is 5.08. The average molecular weight is 470 g/mol. The van der Waals surface area contributed by atoms with E-state index in [4.69, 9.17) is 18.9 Å². The van der Waals surface area contributed by atoms with Crippen molar-refractivity contribution in [1.82, 2.24) is 10.2 Å².